The molecule has 0 N–H and O–H groups in total. The second-order valence-corrected chi connectivity index (χ2v) is 7.41. The zero-order valence-corrected chi connectivity index (χ0v) is 17.3. The molecule has 3 aromatic carbocycles. The minimum Gasteiger partial charge on any atom is -0.399 e. The van der Waals surface area contributed by atoms with Crippen LogP contribution in [0.5, 0.6) is 11.5 Å². The number of rotatable bonds is 7. The lowest BCUT2D eigenvalue weighted by Crippen LogP contribution is -2.19. The van der Waals surface area contributed by atoms with Gasteiger partial charge in [-0.05, 0) is 48.1 Å². The lowest BCUT2D eigenvalue weighted by Gasteiger charge is -2.13. The van der Waals surface area contributed by atoms with Gasteiger partial charge in [-0.15, -0.1) is 13.2 Å². The van der Waals surface area contributed by atoms with E-state index in [1.165, 1.54) is 0 Å². The van der Waals surface area contributed by atoms with E-state index in [1.54, 1.807) is 24.3 Å². The molecule has 0 saturated carbocycles. The van der Waals surface area contributed by atoms with Gasteiger partial charge in [-0.2, -0.15) is 0 Å². The SMILES string of the molecule is CCCc1ccc(-c2c([O])cc(F)c(CCc3cc(F)c(OC(F)(F)F)c(F)c3)c2F)cc1. The van der Waals surface area contributed by atoms with Crippen LogP contribution in [0.4, 0.5) is 30.7 Å². The van der Waals surface area contributed by atoms with E-state index < -0.39 is 53.1 Å². The monoisotopic (exact) mass is 471 g/mol. The van der Waals surface area contributed by atoms with E-state index in [2.05, 4.69) is 4.74 Å². The molecule has 9 heteroatoms. The number of ether oxygens (including phenoxy) is 1. The Hall–Kier alpha value is -3.23. The van der Waals surface area contributed by atoms with E-state index in [0.29, 0.717) is 18.2 Å². The highest BCUT2D eigenvalue weighted by Gasteiger charge is 2.34. The molecule has 1 radical (unpaired) electrons. The molecule has 3 rings (SSSR count). The zero-order chi connectivity index (χ0) is 24.3. The molecule has 0 amide bonds. The van der Waals surface area contributed by atoms with E-state index in [-0.39, 0.29) is 23.1 Å². The first kappa shape index (κ1) is 24.4. The van der Waals surface area contributed by atoms with Gasteiger partial charge >= 0.3 is 6.36 Å². The van der Waals surface area contributed by atoms with Gasteiger partial charge < -0.3 is 4.74 Å². The quantitative estimate of drug-likeness (QED) is 0.325. The van der Waals surface area contributed by atoms with Crippen LogP contribution in [0.15, 0.2) is 42.5 Å². The molecule has 0 atom stereocenters. The molecule has 0 aliphatic carbocycles. The highest BCUT2D eigenvalue weighted by atomic mass is 19.4. The number of halogens is 7. The minimum absolute atomic E-state index is 0.144. The van der Waals surface area contributed by atoms with Gasteiger partial charge in [0.1, 0.15) is 11.6 Å². The van der Waals surface area contributed by atoms with Gasteiger partial charge in [0, 0.05) is 11.6 Å². The van der Waals surface area contributed by atoms with E-state index in [0.717, 1.165) is 18.4 Å². The van der Waals surface area contributed by atoms with Crippen LogP contribution in [0, 0.1) is 23.3 Å². The van der Waals surface area contributed by atoms with Crippen molar-refractivity contribution < 1.29 is 40.6 Å². The Morgan fingerprint density at radius 3 is 1.94 bits per heavy atom. The topological polar surface area (TPSA) is 29.1 Å². The normalized spacial score (nSPS) is 11.6. The molecule has 33 heavy (non-hydrogen) atoms. The van der Waals surface area contributed by atoms with Crippen molar-refractivity contribution in [3.05, 3.63) is 82.4 Å². The highest BCUT2D eigenvalue weighted by Crippen LogP contribution is 2.37. The lowest BCUT2D eigenvalue weighted by atomic mass is 9.95. The summed E-state index contributed by atoms with van der Waals surface area (Å²) in [7, 11) is 0. The first-order valence-corrected chi connectivity index (χ1v) is 10.0. The first-order valence-electron chi connectivity index (χ1n) is 10.0. The van der Waals surface area contributed by atoms with Crippen molar-refractivity contribution in [3.8, 4) is 22.6 Å². The standard InChI is InChI=1S/C24H18F7O2/c1-2-3-13-4-7-15(8-5-13)21-20(32)12-17(25)16(22(21)28)9-6-14-10-18(26)23(19(27)11-14)33-24(29,30)31/h4-5,7-8,10-12H,2-3,6,9H2,1H3. The largest absolute Gasteiger partial charge is 0.573 e. The summed E-state index contributed by atoms with van der Waals surface area (Å²) < 4.78 is 97.4. The van der Waals surface area contributed by atoms with Crippen LogP contribution in [0.25, 0.3) is 11.1 Å². The van der Waals surface area contributed by atoms with Gasteiger partial charge in [0.15, 0.2) is 17.4 Å². The molecule has 0 spiro atoms. The third-order valence-corrected chi connectivity index (χ3v) is 5.00. The summed E-state index contributed by atoms with van der Waals surface area (Å²) in [6.45, 7) is 1.99. The molecular formula is C24H18F7O2. The van der Waals surface area contributed by atoms with Crippen molar-refractivity contribution in [2.24, 2.45) is 0 Å². The van der Waals surface area contributed by atoms with Crippen molar-refractivity contribution in [3.63, 3.8) is 0 Å². The van der Waals surface area contributed by atoms with Crippen LogP contribution in [0.1, 0.15) is 30.0 Å². The molecule has 0 aromatic heterocycles. The molecule has 0 saturated heterocycles. The van der Waals surface area contributed by atoms with E-state index >= 15 is 4.39 Å². The van der Waals surface area contributed by atoms with Crippen LogP contribution in [-0.4, -0.2) is 6.36 Å². The van der Waals surface area contributed by atoms with Gasteiger partial charge in [0.25, 0.3) is 0 Å². The second kappa shape index (κ2) is 9.72. The highest BCUT2D eigenvalue weighted by molar-refractivity contribution is 5.72. The molecule has 0 heterocycles. The number of hydrogen-bond donors (Lipinski definition) is 0. The summed E-state index contributed by atoms with van der Waals surface area (Å²) in [5, 5.41) is 12.3. The predicted molar refractivity (Wildman–Crippen MR) is 106 cm³/mol. The number of alkyl halides is 3. The maximum atomic E-state index is 15.1. The lowest BCUT2D eigenvalue weighted by molar-refractivity contribution is -0.276. The first-order chi connectivity index (χ1) is 15.5. The van der Waals surface area contributed by atoms with Crippen molar-refractivity contribution in [2.75, 3.05) is 0 Å². The molecule has 3 aromatic rings. The Kier molecular flexibility index (Phi) is 7.19. The minimum atomic E-state index is -5.29. The van der Waals surface area contributed by atoms with Crippen molar-refractivity contribution in [1.29, 1.82) is 0 Å². The molecule has 2 nitrogen and oxygen atoms in total. The Balaban J connectivity index is 1.88. The zero-order valence-electron chi connectivity index (χ0n) is 17.3. The molecule has 0 aliphatic heterocycles. The van der Waals surface area contributed by atoms with Gasteiger partial charge in [-0.1, -0.05) is 37.6 Å². The predicted octanol–water partition coefficient (Wildman–Crippen LogP) is 7.69. The van der Waals surface area contributed by atoms with Crippen LogP contribution >= 0.6 is 0 Å². The van der Waals surface area contributed by atoms with E-state index in [4.69, 9.17) is 0 Å². The summed E-state index contributed by atoms with van der Waals surface area (Å²) in [6.07, 6.45) is -4.30. The maximum absolute atomic E-state index is 15.1. The number of benzene rings is 3. The fourth-order valence-electron chi connectivity index (χ4n) is 3.50. The number of hydrogen-bond acceptors (Lipinski definition) is 1. The van der Waals surface area contributed by atoms with E-state index in [1.807, 2.05) is 6.92 Å². The fraction of sp³-hybridized carbons (Fsp3) is 0.250. The van der Waals surface area contributed by atoms with Gasteiger partial charge in [0.05, 0.1) is 5.56 Å². The van der Waals surface area contributed by atoms with Gasteiger partial charge in [-0.25, -0.2) is 17.6 Å². The van der Waals surface area contributed by atoms with Crippen molar-refractivity contribution in [1.82, 2.24) is 0 Å². The van der Waals surface area contributed by atoms with Crippen molar-refractivity contribution >= 4 is 0 Å². The average molecular weight is 471 g/mol. The second-order valence-electron chi connectivity index (χ2n) is 7.41. The Bertz CT molecular complexity index is 1120. The molecular weight excluding hydrogens is 453 g/mol. The average Bonchev–Trinajstić information content (AvgIpc) is 2.71. The molecule has 0 aliphatic rings. The van der Waals surface area contributed by atoms with Crippen molar-refractivity contribution in [2.45, 2.75) is 39.0 Å². The Morgan fingerprint density at radius 1 is 0.788 bits per heavy atom. The number of aryl methyl sites for hydroxylation is 2. The van der Waals surface area contributed by atoms with Crippen LogP contribution in [0.3, 0.4) is 0 Å². The van der Waals surface area contributed by atoms with Crippen LogP contribution in [-0.2, 0) is 24.4 Å². The molecule has 0 fully saturated rings. The van der Waals surface area contributed by atoms with Crippen LogP contribution < -0.4 is 4.74 Å². The van der Waals surface area contributed by atoms with Gasteiger partial charge in [0.2, 0.25) is 5.75 Å². The third-order valence-electron chi connectivity index (χ3n) is 5.00. The summed E-state index contributed by atoms with van der Waals surface area (Å²) in [6, 6.07) is 8.39. The Morgan fingerprint density at radius 2 is 1.39 bits per heavy atom. The summed E-state index contributed by atoms with van der Waals surface area (Å²) in [4.78, 5) is 0. The molecule has 0 unspecified atom stereocenters. The smallest absolute Gasteiger partial charge is 0.399 e. The molecule has 0 bridgehead atoms. The Labute approximate surface area is 185 Å². The summed E-state index contributed by atoms with van der Waals surface area (Å²) in [5.74, 6) is -7.91. The van der Waals surface area contributed by atoms with Gasteiger partial charge in [-0.3, -0.25) is 5.11 Å². The maximum Gasteiger partial charge on any atom is 0.573 e. The molecule has 175 valence electrons. The summed E-state index contributed by atoms with van der Waals surface area (Å²) in [5.41, 5.74) is 0.289. The van der Waals surface area contributed by atoms with E-state index in [9.17, 15) is 31.4 Å². The fourth-order valence-corrected chi connectivity index (χ4v) is 3.50. The summed E-state index contributed by atoms with van der Waals surface area (Å²) >= 11 is 0. The third kappa shape index (κ3) is 5.77. The van der Waals surface area contributed by atoms with Crippen LogP contribution in [0.2, 0.25) is 0 Å².